The molecule has 1 atom stereocenters. The van der Waals surface area contributed by atoms with Crippen LogP contribution < -0.4 is 10.6 Å². The number of rotatable bonds is 4. The topological polar surface area (TPSA) is 79.3 Å². The van der Waals surface area contributed by atoms with Crippen molar-refractivity contribution in [3.05, 3.63) is 17.5 Å². The number of nitrogens with one attached hydrogen (secondary N) is 2. The van der Waals surface area contributed by atoms with E-state index >= 15 is 0 Å². The number of aryl methyl sites for hydroxylation is 1. The molecule has 1 aliphatic rings. The van der Waals surface area contributed by atoms with Crippen molar-refractivity contribution in [1.29, 1.82) is 0 Å². The van der Waals surface area contributed by atoms with Crippen molar-refractivity contribution in [3.8, 4) is 0 Å². The highest BCUT2D eigenvalue weighted by molar-refractivity contribution is 5.86. The number of carbonyl (C=O) groups excluding carboxylic acids is 2. The van der Waals surface area contributed by atoms with Crippen molar-refractivity contribution < 1.29 is 9.59 Å². The Morgan fingerprint density at radius 2 is 2.35 bits per heavy atom. The molecule has 0 spiro atoms. The summed E-state index contributed by atoms with van der Waals surface area (Å²) in [6, 6.07) is -0.116. The lowest BCUT2D eigenvalue weighted by Gasteiger charge is -2.27. The minimum Gasteiger partial charge on any atom is -0.348 e. The Balaban J connectivity index is 1.91. The molecule has 1 aromatic rings. The second-order valence-electron chi connectivity index (χ2n) is 5.09. The summed E-state index contributed by atoms with van der Waals surface area (Å²) < 4.78 is 1.78. The van der Waals surface area contributed by atoms with Crippen LogP contribution in [-0.2, 0) is 16.6 Å². The normalized spacial score (nSPS) is 17.1. The summed E-state index contributed by atoms with van der Waals surface area (Å²) in [5.74, 6) is -0.174. The van der Waals surface area contributed by atoms with Gasteiger partial charge in [0.15, 0.2) is 0 Å². The molecule has 1 fully saturated rings. The largest absolute Gasteiger partial charge is 0.348 e. The first-order valence-electron chi connectivity index (χ1n) is 6.75. The van der Waals surface area contributed by atoms with Crippen molar-refractivity contribution in [1.82, 2.24) is 25.3 Å². The summed E-state index contributed by atoms with van der Waals surface area (Å²) in [5.41, 5.74) is 2.02. The van der Waals surface area contributed by atoms with E-state index in [4.69, 9.17) is 0 Å². The number of carbonyl (C=O) groups is 2. The molecule has 2 N–H and O–H groups in total. The number of hydrogen-bond acceptors (Lipinski definition) is 4. The molecule has 0 saturated carbocycles. The summed E-state index contributed by atoms with van der Waals surface area (Å²) >= 11 is 0. The van der Waals surface area contributed by atoms with Crippen molar-refractivity contribution in [3.63, 3.8) is 0 Å². The van der Waals surface area contributed by atoms with Crippen molar-refractivity contribution in [2.24, 2.45) is 7.05 Å². The van der Waals surface area contributed by atoms with E-state index in [-0.39, 0.29) is 24.4 Å². The van der Waals surface area contributed by atoms with Crippen molar-refractivity contribution in [2.75, 3.05) is 26.2 Å². The Kier molecular flexibility index (Phi) is 4.39. The second kappa shape index (κ2) is 6.04. The Bertz CT molecular complexity index is 511. The fraction of sp³-hybridized carbons (Fsp3) is 0.615. The van der Waals surface area contributed by atoms with Gasteiger partial charge in [-0.1, -0.05) is 0 Å². The summed E-state index contributed by atoms with van der Waals surface area (Å²) in [4.78, 5) is 25.2. The van der Waals surface area contributed by atoms with Crippen molar-refractivity contribution in [2.45, 2.75) is 19.9 Å². The number of piperazine rings is 1. The van der Waals surface area contributed by atoms with Gasteiger partial charge in [-0.2, -0.15) is 5.10 Å². The zero-order valence-electron chi connectivity index (χ0n) is 12.1. The standard InChI is InChI=1S/C13H21N5O2/c1-9(11-6-15-17(3)10(11)2)16-12(19)8-18-5-4-14-7-13(18)20/h6,9,14H,4-5,7-8H2,1-3H3,(H,16,19)/t9-/m1/s1. The minimum atomic E-state index is -0.143. The summed E-state index contributed by atoms with van der Waals surface area (Å²) in [7, 11) is 1.87. The molecule has 1 aromatic heterocycles. The van der Waals surface area contributed by atoms with E-state index < -0.39 is 0 Å². The molecule has 20 heavy (non-hydrogen) atoms. The first-order valence-corrected chi connectivity index (χ1v) is 6.75. The van der Waals surface area contributed by atoms with Crippen LogP contribution >= 0.6 is 0 Å². The molecule has 2 rings (SSSR count). The Morgan fingerprint density at radius 1 is 1.60 bits per heavy atom. The molecule has 0 unspecified atom stereocenters. The van der Waals surface area contributed by atoms with Crippen LogP contribution in [-0.4, -0.2) is 52.7 Å². The molecule has 2 heterocycles. The third-order valence-corrected chi connectivity index (χ3v) is 3.64. The number of amides is 2. The van der Waals surface area contributed by atoms with Crippen LogP contribution in [0.4, 0.5) is 0 Å². The quantitative estimate of drug-likeness (QED) is 0.767. The van der Waals surface area contributed by atoms with E-state index in [2.05, 4.69) is 15.7 Å². The Labute approximate surface area is 118 Å². The van der Waals surface area contributed by atoms with Crippen LogP contribution in [0.1, 0.15) is 24.2 Å². The molecular formula is C13H21N5O2. The third-order valence-electron chi connectivity index (χ3n) is 3.64. The maximum absolute atomic E-state index is 12.0. The van der Waals surface area contributed by atoms with Gasteiger partial charge in [-0.05, 0) is 13.8 Å². The Morgan fingerprint density at radius 3 is 2.95 bits per heavy atom. The van der Waals surface area contributed by atoms with Gasteiger partial charge >= 0.3 is 0 Å². The molecule has 2 amide bonds. The molecule has 7 nitrogen and oxygen atoms in total. The molecule has 0 aliphatic carbocycles. The third kappa shape index (κ3) is 3.16. The second-order valence-corrected chi connectivity index (χ2v) is 5.09. The maximum atomic E-state index is 12.0. The van der Waals surface area contributed by atoms with Gasteiger partial charge in [0.25, 0.3) is 0 Å². The smallest absolute Gasteiger partial charge is 0.240 e. The SMILES string of the molecule is Cc1c([C@@H](C)NC(=O)CN2CCNCC2=O)cnn1C. The average Bonchev–Trinajstić information content (AvgIpc) is 2.73. The van der Waals surface area contributed by atoms with Crippen LogP contribution in [0.25, 0.3) is 0 Å². The predicted molar refractivity (Wildman–Crippen MR) is 74.0 cm³/mol. The van der Waals surface area contributed by atoms with Crippen LogP contribution in [0.15, 0.2) is 6.20 Å². The van der Waals surface area contributed by atoms with Crippen LogP contribution in [0.2, 0.25) is 0 Å². The van der Waals surface area contributed by atoms with Crippen LogP contribution in [0.5, 0.6) is 0 Å². The molecule has 1 aliphatic heterocycles. The fourth-order valence-electron chi connectivity index (χ4n) is 2.29. The van der Waals surface area contributed by atoms with E-state index in [0.29, 0.717) is 13.1 Å². The van der Waals surface area contributed by atoms with Gasteiger partial charge in [-0.3, -0.25) is 14.3 Å². The van der Waals surface area contributed by atoms with E-state index in [1.807, 2.05) is 20.9 Å². The van der Waals surface area contributed by atoms with E-state index in [9.17, 15) is 9.59 Å². The van der Waals surface area contributed by atoms with Crippen LogP contribution in [0.3, 0.4) is 0 Å². The monoisotopic (exact) mass is 279 g/mol. The average molecular weight is 279 g/mol. The molecule has 7 heteroatoms. The van der Waals surface area contributed by atoms with Gasteiger partial charge in [-0.15, -0.1) is 0 Å². The predicted octanol–water partition coefficient (Wildman–Crippen LogP) is -0.662. The minimum absolute atomic E-state index is 0.0309. The highest BCUT2D eigenvalue weighted by atomic mass is 16.2. The summed E-state index contributed by atoms with van der Waals surface area (Å²) in [5, 5.41) is 10.1. The zero-order chi connectivity index (χ0) is 14.7. The highest BCUT2D eigenvalue weighted by Gasteiger charge is 2.21. The lowest BCUT2D eigenvalue weighted by atomic mass is 10.1. The first kappa shape index (κ1) is 14.5. The van der Waals surface area contributed by atoms with Crippen LogP contribution in [0, 0.1) is 6.92 Å². The summed E-state index contributed by atoms with van der Waals surface area (Å²) in [6.07, 6.45) is 1.76. The lowest BCUT2D eigenvalue weighted by molar-refractivity contribution is -0.136. The van der Waals surface area contributed by atoms with Gasteiger partial charge in [0.2, 0.25) is 11.8 Å². The van der Waals surface area contributed by atoms with Gasteiger partial charge in [0.05, 0.1) is 25.3 Å². The van der Waals surface area contributed by atoms with E-state index in [1.165, 1.54) is 0 Å². The molecule has 0 radical (unpaired) electrons. The number of nitrogens with zero attached hydrogens (tertiary/aromatic N) is 3. The van der Waals surface area contributed by atoms with Gasteiger partial charge in [0, 0.05) is 31.4 Å². The number of aromatic nitrogens is 2. The molecular weight excluding hydrogens is 258 g/mol. The lowest BCUT2D eigenvalue weighted by Crippen LogP contribution is -2.51. The molecule has 0 aromatic carbocycles. The van der Waals surface area contributed by atoms with E-state index in [0.717, 1.165) is 17.8 Å². The molecule has 1 saturated heterocycles. The summed E-state index contributed by atoms with van der Waals surface area (Å²) in [6.45, 7) is 5.61. The fourth-order valence-corrected chi connectivity index (χ4v) is 2.29. The molecule has 0 bridgehead atoms. The van der Waals surface area contributed by atoms with Gasteiger partial charge in [0.1, 0.15) is 0 Å². The van der Waals surface area contributed by atoms with Gasteiger partial charge in [-0.25, -0.2) is 0 Å². The highest BCUT2D eigenvalue weighted by Crippen LogP contribution is 2.15. The molecule has 110 valence electrons. The first-order chi connectivity index (χ1) is 9.49. The number of hydrogen-bond donors (Lipinski definition) is 2. The zero-order valence-corrected chi connectivity index (χ0v) is 12.1. The van der Waals surface area contributed by atoms with Crippen molar-refractivity contribution >= 4 is 11.8 Å². The van der Waals surface area contributed by atoms with Gasteiger partial charge < -0.3 is 15.5 Å². The maximum Gasteiger partial charge on any atom is 0.240 e. The van der Waals surface area contributed by atoms with E-state index in [1.54, 1.807) is 15.8 Å². The Hall–Kier alpha value is -1.89.